The van der Waals surface area contributed by atoms with E-state index in [1.54, 1.807) is 19.4 Å². The predicted octanol–water partition coefficient (Wildman–Crippen LogP) is 2.61. The molecular weight excluding hydrogens is 344 g/mol. The number of methoxy groups -OCH3 is 1. The molecule has 142 valence electrons. The molecule has 0 atom stereocenters. The lowest BCUT2D eigenvalue weighted by atomic mass is 10.1. The Morgan fingerprint density at radius 2 is 1.96 bits per heavy atom. The summed E-state index contributed by atoms with van der Waals surface area (Å²) in [6.45, 7) is 1.53. The normalized spacial score (nSPS) is 14.0. The van der Waals surface area contributed by atoms with Gasteiger partial charge in [-0.05, 0) is 36.1 Å². The van der Waals surface area contributed by atoms with E-state index in [0.29, 0.717) is 25.4 Å². The molecule has 3 rings (SSSR count). The van der Waals surface area contributed by atoms with Gasteiger partial charge in [-0.15, -0.1) is 0 Å². The van der Waals surface area contributed by atoms with Crippen LogP contribution in [0.2, 0.25) is 0 Å². The maximum atomic E-state index is 12.1. The Morgan fingerprint density at radius 3 is 2.67 bits per heavy atom. The first kappa shape index (κ1) is 18.7. The standard InChI is InChI=1S/C20H24N4O3/c1-27-18-9-8-16(13-21-18)14-23-20(26)22-12-15-5-4-6-17(11-15)24-10-3-2-7-19(24)25/h4-6,8-9,11,13H,2-3,7,10,12,14H2,1H3,(H2,22,23,26). The predicted molar refractivity (Wildman–Crippen MR) is 103 cm³/mol. The molecule has 1 fully saturated rings. The topological polar surface area (TPSA) is 83.6 Å². The van der Waals surface area contributed by atoms with Crippen LogP contribution in [0.4, 0.5) is 10.5 Å². The van der Waals surface area contributed by atoms with Crippen LogP contribution in [0.15, 0.2) is 42.6 Å². The first-order valence-electron chi connectivity index (χ1n) is 9.05. The lowest BCUT2D eigenvalue weighted by Gasteiger charge is -2.27. The highest BCUT2D eigenvalue weighted by Gasteiger charge is 2.19. The number of carbonyl (C=O) groups is 2. The Labute approximate surface area is 158 Å². The number of piperidine rings is 1. The third kappa shape index (κ3) is 5.20. The summed E-state index contributed by atoms with van der Waals surface area (Å²) < 4.78 is 5.01. The average Bonchev–Trinajstić information content (AvgIpc) is 2.71. The third-order valence-corrected chi connectivity index (χ3v) is 4.46. The molecule has 2 heterocycles. The van der Waals surface area contributed by atoms with Crippen LogP contribution in [0.1, 0.15) is 30.4 Å². The Morgan fingerprint density at radius 1 is 1.15 bits per heavy atom. The number of benzene rings is 1. The van der Waals surface area contributed by atoms with E-state index in [1.165, 1.54) is 0 Å². The molecule has 0 radical (unpaired) electrons. The minimum atomic E-state index is -0.259. The van der Waals surface area contributed by atoms with Gasteiger partial charge < -0.3 is 20.3 Å². The summed E-state index contributed by atoms with van der Waals surface area (Å²) in [5.41, 5.74) is 2.73. The van der Waals surface area contributed by atoms with Crippen LogP contribution in [-0.2, 0) is 17.9 Å². The zero-order valence-corrected chi connectivity index (χ0v) is 15.4. The summed E-state index contributed by atoms with van der Waals surface area (Å²) in [4.78, 5) is 30.0. The van der Waals surface area contributed by atoms with Crippen molar-refractivity contribution >= 4 is 17.6 Å². The highest BCUT2D eigenvalue weighted by molar-refractivity contribution is 5.94. The summed E-state index contributed by atoms with van der Waals surface area (Å²) >= 11 is 0. The van der Waals surface area contributed by atoms with Gasteiger partial charge in [0.25, 0.3) is 0 Å². The van der Waals surface area contributed by atoms with E-state index in [-0.39, 0.29) is 11.9 Å². The molecule has 2 aromatic rings. The average molecular weight is 368 g/mol. The van der Waals surface area contributed by atoms with Crippen LogP contribution in [0.25, 0.3) is 0 Å². The molecule has 27 heavy (non-hydrogen) atoms. The fraction of sp³-hybridized carbons (Fsp3) is 0.350. The van der Waals surface area contributed by atoms with Crippen LogP contribution in [-0.4, -0.2) is 30.6 Å². The molecule has 3 amide bonds. The van der Waals surface area contributed by atoms with Crippen molar-refractivity contribution in [3.63, 3.8) is 0 Å². The molecule has 0 saturated carbocycles. The van der Waals surface area contributed by atoms with E-state index in [1.807, 2.05) is 35.2 Å². The van der Waals surface area contributed by atoms with Gasteiger partial charge in [0.2, 0.25) is 11.8 Å². The largest absolute Gasteiger partial charge is 0.481 e. The van der Waals surface area contributed by atoms with Gasteiger partial charge >= 0.3 is 6.03 Å². The summed E-state index contributed by atoms with van der Waals surface area (Å²) in [6.07, 6.45) is 4.25. The van der Waals surface area contributed by atoms with E-state index in [0.717, 1.165) is 36.2 Å². The van der Waals surface area contributed by atoms with E-state index in [2.05, 4.69) is 15.6 Å². The SMILES string of the molecule is COc1ccc(CNC(=O)NCc2cccc(N3CCCCC3=O)c2)cn1. The van der Waals surface area contributed by atoms with Crippen LogP contribution >= 0.6 is 0 Å². The number of hydrogen-bond donors (Lipinski definition) is 2. The summed E-state index contributed by atoms with van der Waals surface area (Å²) in [7, 11) is 1.56. The van der Waals surface area contributed by atoms with Crippen molar-refractivity contribution in [1.82, 2.24) is 15.6 Å². The number of nitrogens with one attached hydrogen (secondary N) is 2. The molecule has 0 unspecified atom stereocenters. The third-order valence-electron chi connectivity index (χ3n) is 4.46. The van der Waals surface area contributed by atoms with Gasteiger partial charge in [-0.2, -0.15) is 0 Å². The highest BCUT2D eigenvalue weighted by Crippen LogP contribution is 2.21. The lowest BCUT2D eigenvalue weighted by Crippen LogP contribution is -2.36. The first-order chi connectivity index (χ1) is 13.2. The number of aromatic nitrogens is 1. The second-order valence-corrected chi connectivity index (χ2v) is 6.42. The number of hydrogen-bond acceptors (Lipinski definition) is 4. The van der Waals surface area contributed by atoms with Crippen molar-refractivity contribution in [2.24, 2.45) is 0 Å². The Hall–Kier alpha value is -3.09. The summed E-state index contributed by atoms with van der Waals surface area (Å²) in [5.74, 6) is 0.701. The summed E-state index contributed by atoms with van der Waals surface area (Å²) in [6, 6.07) is 11.1. The van der Waals surface area contributed by atoms with Crippen molar-refractivity contribution in [2.75, 3.05) is 18.6 Å². The molecular formula is C20H24N4O3. The van der Waals surface area contributed by atoms with Gasteiger partial charge in [0.15, 0.2) is 0 Å². The molecule has 0 bridgehead atoms. The number of amides is 3. The molecule has 0 spiro atoms. The molecule has 7 heteroatoms. The van der Waals surface area contributed by atoms with Crippen molar-refractivity contribution in [3.8, 4) is 5.88 Å². The second kappa shape index (κ2) is 9.02. The van der Waals surface area contributed by atoms with E-state index in [4.69, 9.17) is 4.74 Å². The van der Waals surface area contributed by atoms with Crippen LogP contribution in [0, 0.1) is 0 Å². The molecule has 1 aliphatic heterocycles. The monoisotopic (exact) mass is 368 g/mol. The Balaban J connectivity index is 1.49. The minimum absolute atomic E-state index is 0.164. The van der Waals surface area contributed by atoms with Gasteiger partial charge in [0, 0.05) is 44.0 Å². The molecule has 1 saturated heterocycles. The number of ether oxygens (including phenoxy) is 1. The smallest absolute Gasteiger partial charge is 0.315 e. The highest BCUT2D eigenvalue weighted by atomic mass is 16.5. The van der Waals surface area contributed by atoms with Gasteiger partial charge in [0.1, 0.15) is 0 Å². The molecule has 1 aliphatic rings. The van der Waals surface area contributed by atoms with Gasteiger partial charge in [-0.25, -0.2) is 9.78 Å². The number of nitrogens with zero attached hydrogens (tertiary/aromatic N) is 2. The quantitative estimate of drug-likeness (QED) is 0.821. The number of pyridine rings is 1. The van der Waals surface area contributed by atoms with Crippen LogP contribution < -0.4 is 20.3 Å². The number of rotatable bonds is 6. The van der Waals surface area contributed by atoms with E-state index in [9.17, 15) is 9.59 Å². The molecule has 1 aromatic carbocycles. The number of carbonyl (C=O) groups excluding carboxylic acids is 2. The number of urea groups is 1. The Kier molecular flexibility index (Phi) is 6.25. The van der Waals surface area contributed by atoms with Crippen molar-refractivity contribution < 1.29 is 14.3 Å². The van der Waals surface area contributed by atoms with Crippen molar-refractivity contribution in [2.45, 2.75) is 32.4 Å². The zero-order valence-electron chi connectivity index (χ0n) is 15.4. The van der Waals surface area contributed by atoms with Crippen molar-refractivity contribution in [3.05, 3.63) is 53.7 Å². The van der Waals surface area contributed by atoms with E-state index >= 15 is 0 Å². The fourth-order valence-electron chi connectivity index (χ4n) is 2.98. The van der Waals surface area contributed by atoms with Gasteiger partial charge in [-0.1, -0.05) is 18.2 Å². The van der Waals surface area contributed by atoms with Gasteiger partial charge in [-0.3, -0.25) is 4.79 Å². The van der Waals surface area contributed by atoms with E-state index < -0.39 is 0 Å². The van der Waals surface area contributed by atoms with Gasteiger partial charge in [0.05, 0.1) is 7.11 Å². The second-order valence-electron chi connectivity index (χ2n) is 6.42. The molecule has 2 N–H and O–H groups in total. The molecule has 1 aromatic heterocycles. The maximum Gasteiger partial charge on any atom is 0.315 e. The van der Waals surface area contributed by atoms with Crippen LogP contribution in [0.3, 0.4) is 0 Å². The Bertz CT molecular complexity index is 792. The molecule has 0 aliphatic carbocycles. The lowest BCUT2D eigenvalue weighted by molar-refractivity contribution is -0.119. The maximum absolute atomic E-state index is 12.1. The van der Waals surface area contributed by atoms with Crippen LogP contribution in [0.5, 0.6) is 5.88 Å². The number of anilines is 1. The molecule has 7 nitrogen and oxygen atoms in total. The van der Waals surface area contributed by atoms with Crippen molar-refractivity contribution in [1.29, 1.82) is 0 Å². The summed E-state index contributed by atoms with van der Waals surface area (Å²) in [5, 5.41) is 5.63. The minimum Gasteiger partial charge on any atom is -0.481 e. The fourth-order valence-corrected chi connectivity index (χ4v) is 2.98. The zero-order chi connectivity index (χ0) is 19.1. The first-order valence-corrected chi connectivity index (χ1v) is 9.05.